The smallest absolute Gasteiger partial charge is 0.338 e. The molecule has 0 bridgehead atoms. The first-order valence-electron chi connectivity index (χ1n) is 14.1. The Balaban J connectivity index is 1.40. The maximum Gasteiger partial charge on any atom is 0.338 e. The zero-order chi connectivity index (χ0) is 26.8. The Labute approximate surface area is 222 Å². The molecule has 0 spiro atoms. The molecule has 3 unspecified atom stereocenters. The maximum absolute atomic E-state index is 12.9. The molecule has 2 aliphatic carbocycles. The van der Waals surface area contributed by atoms with Crippen molar-refractivity contribution < 1.29 is 28.6 Å². The predicted molar refractivity (Wildman–Crippen MR) is 143 cm³/mol. The van der Waals surface area contributed by atoms with E-state index in [1.807, 2.05) is 6.92 Å². The number of hydrogen-bond donors (Lipinski definition) is 0. The highest BCUT2D eigenvalue weighted by Crippen LogP contribution is 2.44. The molecule has 0 amide bonds. The zero-order valence-corrected chi connectivity index (χ0v) is 22.8. The second kappa shape index (κ2) is 14.3. The van der Waals surface area contributed by atoms with Gasteiger partial charge in [0.25, 0.3) is 0 Å². The average molecular weight is 513 g/mol. The molecular formula is C31H44O6. The van der Waals surface area contributed by atoms with Gasteiger partial charge < -0.3 is 14.2 Å². The SMILES string of the molecule is C=CC(=O)OCCCCOC(=O)c1ccc(OC(=O)C2CCC(C3CCC(CC)C(C)C3)CC2)c(C)c1. The van der Waals surface area contributed by atoms with Crippen molar-refractivity contribution in [2.75, 3.05) is 13.2 Å². The maximum atomic E-state index is 12.9. The van der Waals surface area contributed by atoms with Crippen LogP contribution in [0.25, 0.3) is 0 Å². The van der Waals surface area contributed by atoms with Crippen molar-refractivity contribution in [2.24, 2.45) is 29.6 Å². The lowest BCUT2D eigenvalue weighted by Gasteiger charge is -2.40. The minimum atomic E-state index is -0.458. The first-order chi connectivity index (χ1) is 17.8. The standard InChI is InChI=1S/C31H44O6/c1-5-23-9-14-26(19-21(23)3)24-10-12-25(13-11-24)31(34)37-28-16-15-27(20-22(28)4)30(33)36-18-8-7-17-35-29(32)6-2/h6,15-16,20-21,23-26H,2,5,7-14,17-19H2,1,3-4H3. The van der Waals surface area contributed by atoms with E-state index in [0.29, 0.717) is 24.2 Å². The van der Waals surface area contributed by atoms with Gasteiger partial charge in [-0.2, -0.15) is 0 Å². The fourth-order valence-electron chi connectivity index (χ4n) is 6.13. The molecule has 3 atom stereocenters. The van der Waals surface area contributed by atoms with E-state index in [2.05, 4.69) is 20.4 Å². The van der Waals surface area contributed by atoms with Gasteiger partial charge >= 0.3 is 17.9 Å². The first kappa shape index (κ1) is 28.9. The Kier molecular flexibility index (Phi) is 11.2. The Morgan fingerprint density at radius 2 is 1.65 bits per heavy atom. The van der Waals surface area contributed by atoms with Crippen LogP contribution in [0.3, 0.4) is 0 Å². The molecule has 0 N–H and O–H groups in total. The van der Waals surface area contributed by atoms with E-state index in [-0.39, 0.29) is 25.1 Å². The van der Waals surface area contributed by atoms with Crippen LogP contribution >= 0.6 is 0 Å². The molecule has 2 aliphatic rings. The summed E-state index contributed by atoms with van der Waals surface area (Å²) in [6.07, 6.45) is 11.7. The normalized spacial score (nSPS) is 25.6. The van der Waals surface area contributed by atoms with Crippen molar-refractivity contribution in [2.45, 2.75) is 85.0 Å². The molecule has 2 fully saturated rings. The van der Waals surface area contributed by atoms with E-state index in [1.54, 1.807) is 18.2 Å². The van der Waals surface area contributed by atoms with Crippen LogP contribution in [0.2, 0.25) is 0 Å². The van der Waals surface area contributed by atoms with Gasteiger partial charge in [-0.15, -0.1) is 0 Å². The van der Waals surface area contributed by atoms with Gasteiger partial charge in [-0.1, -0.05) is 26.8 Å². The molecule has 3 rings (SSSR count). The molecule has 204 valence electrons. The topological polar surface area (TPSA) is 78.9 Å². The number of esters is 3. The molecule has 0 aliphatic heterocycles. The number of aryl methyl sites for hydroxylation is 1. The summed E-state index contributed by atoms with van der Waals surface area (Å²) in [5.41, 5.74) is 1.15. The molecule has 37 heavy (non-hydrogen) atoms. The van der Waals surface area contributed by atoms with Crippen LogP contribution in [0.15, 0.2) is 30.9 Å². The third-order valence-electron chi connectivity index (χ3n) is 8.49. The number of carbonyl (C=O) groups excluding carboxylic acids is 3. The zero-order valence-electron chi connectivity index (χ0n) is 22.8. The van der Waals surface area contributed by atoms with Gasteiger partial charge in [-0.25, -0.2) is 9.59 Å². The van der Waals surface area contributed by atoms with Crippen LogP contribution < -0.4 is 4.74 Å². The van der Waals surface area contributed by atoms with Crippen molar-refractivity contribution >= 4 is 17.9 Å². The van der Waals surface area contributed by atoms with E-state index >= 15 is 0 Å². The highest BCUT2D eigenvalue weighted by molar-refractivity contribution is 5.90. The molecule has 0 radical (unpaired) electrons. The van der Waals surface area contributed by atoms with Crippen LogP contribution in [0, 0.1) is 36.5 Å². The van der Waals surface area contributed by atoms with E-state index in [0.717, 1.165) is 61.0 Å². The number of unbranched alkanes of at least 4 members (excludes halogenated alkanes) is 1. The van der Waals surface area contributed by atoms with E-state index < -0.39 is 11.9 Å². The lowest BCUT2D eigenvalue weighted by Crippen LogP contribution is -2.32. The molecule has 1 aromatic carbocycles. The van der Waals surface area contributed by atoms with E-state index in [9.17, 15) is 14.4 Å². The predicted octanol–water partition coefficient (Wildman–Crippen LogP) is 6.84. The Morgan fingerprint density at radius 3 is 2.27 bits per heavy atom. The summed E-state index contributed by atoms with van der Waals surface area (Å²) in [7, 11) is 0. The van der Waals surface area contributed by atoms with Crippen molar-refractivity contribution in [3.63, 3.8) is 0 Å². The van der Waals surface area contributed by atoms with Crippen molar-refractivity contribution in [1.82, 2.24) is 0 Å². The molecule has 1 aromatic rings. The van der Waals surface area contributed by atoms with Gasteiger partial charge in [0, 0.05) is 6.08 Å². The van der Waals surface area contributed by atoms with Gasteiger partial charge in [0.15, 0.2) is 0 Å². The van der Waals surface area contributed by atoms with Crippen LogP contribution in [0.4, 0.5) is 0 Å². The van der Waals surface area contributed by atoms with Gasteiger partial charge in [0.1, 0.15) is 5.75 Å². The Bertz CT molecular complexity index is 930. The molecule has 0 saturated heterocycles. The number of rotatable bonds is 11. The molecule has 2 saturated carbocycles. The van der Waals surface area contributed by atoms with Gasteiger partial charge in [-0.05, 0) is 112 Å². The third-order valence-corrected chi connectivity index (χ3v) is 8.49. The van der Waals surface area contributed by atoms with E-state index in [1.165, 1.54) is 25.7 Å². The molecular weight excluding hydrogens is 468 g/mol. The summed E-state index contributed by atoms with van der Waals surface area (Å²) < 4.78 is 16.0. The number of hydrogen-bond acceptors (Lipinski definition) is 6. The number of benzene rings is 1. The third kappa shape index (κ3) is 8.44. The molecule has 6 nitrogen and oxygen atoms in total. The number of carbonyl (C=O) groups is 3. The highest BCUT2D eigenvalue weighted by atomic mass is 16.5. The van der Waals surface area contributed by atoms with E-state index in [4.69, 9.17) is 14.2 Å². The van der Waals surface area contributed by atoms with Crippen LogP contribution in [0.1, 0.15) is 94.0 Å². The van der Waals surface area contributed by atoms with Crippen molar-refractivity contribution in [3.05, 3.63) is 42.0 Å². The van der Waals surface area contributed by atoms with Crippen LogP contribution in [-0.2, 0) is 19.1 Å². The Hall–Kier alpha value is -2.63. The Morgan fingerprint density at radius 1 is 0.973 bits per heavy atom. The molecule has 0 heterocycles. The molecule has 0 aromatic heterocycles. The largest absolute Gasteiger partial charge is 0.463 e. The fourth-order valence-corrected chi connectivity index (χ4v) is 6.13. The fraction of sp³-hybridized carbons (Fsp3) is 0.645. The summed E-state index contributed by atoms with van der Waals surface area (Å²) in [6, 6.07) is 5.01. The minimum absolute atomic E-state index is 0.0459. The second-order valence-corrected chi connectivity index (χ2v) is 10.9. The van der Waals surface area contributed by atoms with Crippen molar-refractivity contribution in [1.29, 1.82) is 0 Å². The lowest BCUT2D eigenvalue weighted by atomic mass is 9.66. The summed E-state index contributed by atoms with van der Waals surface area (Å²) in [6.45, 7) is 10.4. The monoisotopic (exact) mass is 512 g/mol. The summed E-state index contributed by atoms with van der Waals surface area (Å²) in [5.74, 6) is 2.69. The quantitative estimate of drug-likeness (QED) is 0.140. The van der Waals surface area contributed by atoms with Crippen LogP contribution in [-0.4, -0.2) is 31.1 Å². The van der Waals surface area contributed by atoms with Gasteiger partial charge in [0.05, 0.1) is 24.7 Å². The molecule has 6 heteroatoms. The minimum Gasteiger partial charge on any atom is -0.463 e. The summed E-state index contributed by atoms with van der Waals surface area (Å²) in [5, 5.41) is 0. The number of ether oxygens (including phenoxy) is 3. The highest BCUT2D eigenvalue weighted by Gasteiger charge is 2.35. The summed E-state index contributed by atoms with van der Waals surface area (Å²) in [4.78, 5) is 36.2. The first-order valence-corrected chi connectivity index (χ1v) is 14.1. The lowest BCUT2D eigenvalue weighted by molar-refractivity contribution is -0.140. The average Bonchev–Trinajstić information content (AvgIpc) is 2.91. The van der Waals surface area contributed by atoms with Crippen molar-refractivity contribution in [3.8, 4) is 5.75 Å². The van der Waals surface area contributed by atoms with Gasteiger partial charge in [-0.3, -0.25) is 4.79 Å². The van der Waals surface area contributed by atoms with Gasteiger partial charge in [0.2, 0.25) is 0 Å². The summed E-state index contributed by atoms with van der Waals surface area (Å²) >= 11 is 0. The second-order valence-electron chi connectivity index (χ2n) is 10.9. The van der Waals surface area contributed by atoms with Crippen LogP contribution in [0.5, 0.6) is 5.75 Å².